The molecule has 0 aromatic carbocycles. The van der Waals surface area contributed by atoms with Crippen molar-refractivity contribution in [2.45, 2.75) is 50.1 Å². The first-order chi connectivity index (χ1) is 8.83. The lowest BCUT2D eigenvalue weighted by Crippen LogP contribution is -2.15. The predicted molar refractivity (Wildman–Crippen MR) is 70.4 cm³/mol. The Morgan fingerprint density at radius 3 is 2.83 bits per heavy atom. The average Bonchev–Trinajstić information content (AvgIpc) is 3.00. The van der Waals surface area contributed by atoms with Crippen LogP contribution in [0.3, 0.4) is 0 Å². The highest BCUT2D eigenvalue weighted by Gasteiger charge is 2.34. The summed E-state index contributed by atoms with van der Waals surface area (Å²) in [7, 11) is 0. The van der Waals surface area contributed by atoms with Gasteiger partial charge in [-0.1, -0.05) is 0 Å². The van der Waals surface area contributed by atoms with E-state index >= 15 is 0 Å². The maximum atomic E-state index is 6.05. The summed E-state index contributed by atoms with van der Waals surface area (Å²) in [4.78, 5) is 9.36. The molecule has 2 aromatic heterocycles. The summed E-state index contributed by atoms with van der Waals surface area (Å²) >= 11 is 0. The quantitative estimate of drug-likeness (QED) is 0.879. The van der Waals surface area contributed by atoms with Crippen LogP contribution < -0.4 is 5.73 Å². The summed E-state index contributed by atoms with van der Waals surface area (Å²) in [5.41, 5.74) is 8.15. The number of nitrogens with zero attached hydrogens (tertiary/aromatic N) is 3. The summed E-state index contributed by atoms with van der Waals surface area (Å²) < 4.78 is 2.39. The van der Waals surface area contributed by atoms with Crippen LogP contribution in [0.25, 0.3) is 11.2 Å². The number of rotatable bonds is 2. The monoisotopic (exact) mass is 242 g/mol. The molecule has 2 fully saturated rings. The summed E-state index contributed by atoms with van der Waals surface area (Å²) in [6.07, 6.45) is 7.80. The molecule has 0 bridgehead atoms. The minimum absolute atomic E-state index is 0.357. The average molecular weight is 242 g/mol. The number of nitrogens with two attached hydrogens (primary N) is 1. The minimum Gasteiger partial charge on any atom is -0.328 e. The Bertz CT molecular complexity index is 584. The zero-order valence-corrected chi connectivity index (χ0v) is 10.4. The Kier molecular flexibility index (Phi) is 2.21. The molecule has 4 heteroatoms. The molecule has 0 saturated heterocycles. The van der Waals surface area contributed by atoms with Crippen LogP contribution in [0.1, 0.15) is 49.9 Å². The second-order valence-corrected chi connectivity index (χ2v) is 5.69. The third-order valence-electron chi connectivity index (χ3n) is 4.23. The molecule has 0 radical (unpaired) electrons. The third-order valence-corrected chi connectivity index (χ3v) is 4.23. The van der Waals surface area contributed by atoms with E-state index in [9.17, 15) is 0 Å². The van der Waals surface area contributed by atoms with Crippen LogP contribution in [0, 0.1) is 0 Å². The van der Waals surface area contributed by atoms with Crippen molar-refractivity contribution in [2.75, 3.05) is 0 Å². The number of hydrogen-bond acceptors (Lipinski definition) is 3. The maximum Gasteiger partial charge on any atom is 0.160 e. The Hall–Kier alpha value is -1.42. The van der Waals surface area contributed by atoms with Crippen molar-refractivity contribution < 1.29 is 0 Å². The molecule has 2 atom stereocenters. The van der Waals surface area contributed by atoms with Crippen LogP contribution in [0.2, 0.25) is 0 Å². The first kappa shape index (κ1) is 10.5. The van der Waals surface area contributed by atoms with Gasteiger partial charge in [0.25, 0.3) is 0 Å². The normalized spacial score (nSPS) is 28.1. The van der Waals surface area contributed by atoms with Crippen LogP contribution in [0.5, 0.6) is 0 Å². The van der Waals surface area contributed by atoms with Crippen molar-refractivity contribution in [2.24, 2.45) is 5.73 Å². The first-order valence-electron chi connectivity index (χ1n) is 6.91. The van der Waals surface area contributed by atoms with Gasteiger partial charge in [0.15, 0.2) is 5.65 Å². The van der Waals surface area contributed by atoms with Crippen molar-refractivity contribution >= 4 is 11.2 Å². The Morgan fingerprint density at radius 2 is 2.11 bits per heavy atom. The molecule has 0 spiro atoms. The fraction of sp³-hybridized carbons (Fsp3) is 0.571. The standard InChI is InChI=1S/C14H18N4/c15-10-4-3-9(8-10)13-17-12-2-1-7-16-14(12)18(13)11-5-6-11/h1-2,7,9-11H,3-6,8,15H2. The predicted octanol–water partition coefficient (Wildman–Crippen LogP) is 2.36. The van der Waals surface area contributed by atoms with E-state index in [1.54, 1.807) is 0 Å². The highest BCUT2D eigenvalue weighted by molar-refractivity contribution is 5.71. The van der Waals surface area contributed by atoms with E-state index in [4.69, 9.17) is 10.7 Å². The SMILES string of the molecule is NC1CCC(c2nc3cccnc3n2C2CC2)C1. The number of pyridine rings is 1. The van der Waals surface area contributed by atoms with Gasteiger partial charge in [-0.3, -0.25) is 0 Å². The Morgan fingerprint density at radius 1 is 1.22 bits per heavy atom. The van der Waals surface area contributed by atoms with Gasteiger partial charge in [-0.25, -0.2) is 9.97 Å². The lowest BCUT2D eigenvalue weighted by Gasteiger charge is -2.12. The van der Waals surface area contributed by atoms with E-state index in [-0.39, 0.29) is 0 Å². The molecule has 18 heavy (non-hydrogen) atoms. The summed E-state index contributed by atoms with van der Waals surface area (Å²) in [6.45, 7) is 0. The molecule has 4 rings (SSSR count). The van der Waals surface area contributed by atoms with Gasteiger partial charge in [-0.05, 0) is 44.2 Å². The number of hydrogen-bond donors (Lipinski definition) is 1. The van der Waals surface area contributed by atoms with Gasteiger partial charge in [-0.2, -0.15) is 0 Å². The molecule has 2 N–H and O–H groups in total. The lowest BCUT2D eigenvalue weighted by molar-refractivity contribution is 0.589. The van der Waals surface area contributed by atoms with Crippen LogP contribution in [-0.2, 0) is 0 Å². The Balaban J connectivity index is 1.85. The van der Waals surface area contributed by atoms with Crippen molar-refractivity contribution in [3.05, 3.63) is 24.2 Å². The van der Waals surface area contributed by atoms with E-state index in [2.05, 4.69) is 15.6 Å². The van der Waals surface area contributed by atoms with Gasteiger partial charge in [0, 0.05) is 24.2 Å². The van der Waals surface area contributed by atoms with Crippen LogP contribution in [0.15, 0.2) is 18.3 Å². The number of fused-ring (bicyclic) bond motifs is 1. The molecule has 2 saturated carbocycles. The second kappa shape index (κ2) is 3.79. The minimum atomic E-state index is 0.357. The number of aromatic nitrogens is 3. The largest absolute Gasteiger partial charge is 0.328 e. The molecular weight excluding hydrogens is 224 g/mol. The summed E-state index contributed by atoms with van der Waals surface area (Å²) in [5.74, 6) is 1.77. The van der Waals surface area contributed by atoms with Crippen LogP contribution in [-0.4, -0.2) is 20.6 Å². The fourth-order valence-corrected chi connectivity index (χ4v) is 3.18. The van der Waals surface area contributed by atoms with Crippen LogP contribution in [0.4, 0.5) is 0 Å². The highest BCUT2D eigenvalue weighted by atomic mass is 15.2. The third kappa shape index (κ3) is 1.56. The lowest BCUT2D eigenvalue weighted by atomic mass is 10.1. The van der Waals surface area contributed by atoms with Gasteiger partial charge in [0.05, 0.1) is 0 Å². The first-order valence-corrected chi connectivity index (χ1v) is 6.91. The molecular formula is C14H18N4. The van der Waals surface area contributed by atoms with Crippen molar-refractivity contribution in [1.82, 2.24) is 14.5 Å². The highest BCUT2D eigenvalue weighted by Crippen LogP contribution is 2.42. The zero-order valence-electron chi connectivity index (χ0n) is 10.4. The van der Waals surface area contributed by atoms with E-state index in [0.717, 1.165) is 24.0 Å². The molecule has 2 aromatic rings. The summed E-state index contributed by atoms with van der Waals surface area (Å²) in [5, 5.41) is 0. The fourth-order valence-electron chi connectivity index (χ4n) is 3.18. The molecule has 2 heterocycles. The molecule has 94 valence electrons. The molecule has 4 nitrogen and oxygen atoms in total. The smallest absolute Gasteiger partial charge is 0.160 e. The Labute approximate surface area is 106 Å². The topological polar surface area (TPSA) is 56.7 Å². The summed E-state index contributed by atoms with van der Waals surface area (Å²) in [6, 6.07) is 5.03. The number of imidazole rings is 1. The van der Waals surface area contributed by atoms with Gasteiger partial charge >= 0.3 is 0 Å². The van der Waals surface area contributed by atoms with E-state index in [1.807, 2.05) is 12.3 Å². The van der Waals surface area contributed by atoms with Crippen molar-refractivity contribution in [3.8, 4) is 0 Å². The second-order valence-electron chi connectivity index (χ2n) is 5.69. The van der Waals surface area contributed by atoms with Crippen molar-refractivity contribution in [3.63, 3.8) is 0 Å². The van der Waals surface area contributed by atoms with E-state index in [1.165, 1.54) is 25.1 Å². The van der Waals surface area contributed by atoms with Crippen LogP contribution >= 0.6 is 0 Å². The van der Waals surface area contributed by atoms with Gasteiger partial charge in [0.2, 0.25) is 0 Å². The zero-order chi connectivity index (χ0) is 12.1. The van der Waals surface area contributed by atoms with Crippen molar-refractivity contribution in [1.29, 1.82) is 0 Å². The van der Waals surface area contributed by atoms with Gasteiger partial charge < -0.3 is 10.3 Å². The molecule has 0 aliphatic heterocycles. The maximum absolute atomic E-state index is 6.05. The van der Waals surface area contributed by atoms with Gasteiger partial charge in [0.1, 0.15) is 11.3 Å². The molecule has 2 aliphatic carbocycles. The molecule has 2 aliphatic rings. The van der Waals surface area contributed by atoms with E-state index in [0.29, 0.717) is 18.0 Å². The molecule has 2 unspecified atom stereocenters. The molecule has 0 amide bonds. The van der Waals surface area contributed by atoms with Gasteiger partial charge in [-0.15, -0.1) is 0 Å². The van der Waals surface area contributed by atoms with E-state index < -0.39 is 0 Å².